The Morgan fingerprint density at radius 3 is 2.35 bits per heavy atom. The fourth-order valence-electron chi connectivity index (χ4n) is 3.34. The molecule has 0 radical (unpaired) electrons. The lowest BCUT2D eigenvalue weighted by molar-refractivity contribution is 0.414. The number of rotatable bonds is 4. The summed E-state index contributed by atoms with van der Waals surface area (Å²) in [6.45, 7) is 0. The molecule has 0 unspecified atom stereocenters. The molecule has 158 valence electrons. The van der Waals surface area contributed by atoms with E-state index in [2.05, 4.69) is 9.98 Å². The predicted molar refractivity (Wildman–Crippen MR) is 116 cm³/mol. The van der Waals surface area contributed by atoms with Gasteiger partial charge in [-0.25, -0.2) is 14.2 Å². The summed E-state index contributed by atoms with van der Waals surface area (Å²) in [6, 6.07) is 11.5. The quantitative estimate of drug-likeness (QED) is 0.479. The molecule has 0 aliphatic carbocycles. The van der Waals surface area contributed by atoms with Gasteiger partial charge in [0, 0.05) is 20.3 Å². The van der Waals surface area contributed by atoms with Crippen molar-refractivity contribution in [1.82, 2.24) is 18.7 Å². The Kier molecular flexibility index (Phi) is 4.82. The van der Waals surface area contributed by atoms with Crippen molar-refractivity contribution >= 4 is 22.9 Å². The molecular formula is C21H19N5O5. The number of aryl methyl sites for hydroxylation is 2. The van der Waals surface area contributed by atoms with E-state index in [1.165, 1.54) is 22.5 Å². The third-order valence-electron chi connectivity index (χ3n) is 5.05. The van der Waals surface area contributed by atoms with Crippen LogP contribution in [0.5, 0.6) is 11.6 Å². The molecule has 4 rings (SSSR count). The number of aromatic nitrogens is 4. The predicted octanol–water partition coefficient (Wildman–Crippen LogP) is 1.18. The molecule has 4 aromatic rings. The standard InChI is InChI=1S/C21H19N5O5/c1-24-16-9-4-12(10-17(16)25(2)21(24)30)22-11-15-18(27)23-20(29)26(19(15)28)13-5-7-14(31-3)8-6-13/h4-11,28H,1-3H3,(H,23,27,29). The summed E-state index contributed by atoms with van der Waals surface area (Å²) >= 11 is 0. The summed E-state index contributed by atoms with van der Waals surface area (Å²) < 4.78 is 9.06. The van der Waals surface area contributed by atoms with Crippen molar-refractivity contribution in [2.45, 2.75) is 0 Å². The van der Waals surface area contributed by atoms with E-state index < -0.39 is 17.1 Å². The van der Waals surface area contributed by atoms with Crippen LogP contribution in [0.1, 0.15) is 5.56 Å². The maximum absolute atomic E-state index is 12.3. The first kappa shape index (κ1) is 20.0. The molecular weight excluding hydrogens is 402 g/mol. The molecule has 0 spiro atoms. The van der Waals surface area contributed by atoms with Crippen LogP contribution in [0.25, 0.3) is 16.7 Å². The van der Waals surface area contributed by atoms with E-state index in [1.807, 2.05) is 0 Å². The third kappa shape index (κ3) is 3.33. The molecule has 2 aromatic heterocycles. The van der Waals surface area contributed by atoms with E-state index in [0.717, 1.165) is 10.1 Å². The van der Waals surface area contributed by atoms with Crippen LogP contribution in [-0.4, -0.2) is 37.1 Å². The van der Waals surface area contributed by atoms with Gasteiger partial charge in [-0.1, -0.05) is 0 Å². The van der Waals surface area contributed by atoms with E-state index in [0.29, 0.717) is 22.6 Å². The molecule has 2 aromatic carbocycles. The van der Waals surface area contributed by atoms with Crippen molar-refractivity contribution in [3.63, 3.8) is 0 Å². The molecule has 31 heavy (non-hydrogen) atoms. The summed E-state index contributed by atoms with van der Waals surface area (Å²) in [5, 5.41) is 10.6. The summed E-state index contributed by atoms with van der Waals surface area (Å²) in [6.07, 6.45) is 1.18. The number of benzene rings is 2. The van der Waals surface area contributed by atoms with Crippen LogP contribution in [0.15, 0.2) is 61.8 Å². The first-order chi connectivity index (χ1) is 14.8. The minimum Gasteiger partial charge on any atom is -0.497 e. The Bertz CT molecular complexity index is 1500. The lowest BCUT2D eigenvalue weighted by Crippen LogP contribution is -2.31. The normalized spacial score (nSPS) is 11.5. The maximum atomic E-state index is 12.3. The average molecular weight is 421 g/mol. The van der Waals surface area contributed by atoms with Crippen LogP contribution in [0.3, 0.4) is 0 Å². The fourth-order valence-corrected chi connectivity index (χ4v) is 3.34. The molecule has 0 saturated heterocycles. The number of nitrogens with one attached hydrogen (secondary N) is 1. The second kappa shape index (κ2) is 7.48. The minimum absolute atomic E-state index is 0.170. The van der Waals surface area contributed by atoms with Gasteiger partial charge in [0.15, 0.2) is 0 Å². The first-order valence-electron chi connectivity index (χ1n) is 9.24. The third-order valence-corrected chi connectivity index (χ3v) is 5.05. The topological polar surface area (TPSA) is 124 Å². The van der Waals surface area contributed by atoms with E-state index in [4.69, 9.17) is 4.74 Å². The largest absolute Gasteiger partial charge is 0.497 e. The Hall–Kier alpha value is -4.34. The fraction of sp³-hybridized carbons (Fsp3) is 0.143. The number of fused-ring (bicyclic) bond motifs is 1. The summed E-state index contributed by atoms with van der Waals surface area (Å²) in [4.78, 5) is 43.1. The number of aliphatic imine (C=N–C) groups is 1. The van der Waals surface area contributed by atoms with Crippen LogP contribution >= 0.6 is 0 Å². The van der Waals surface area contributed by atoms with Gasteiger partial charge in [0.1, 0.15) is 11.3 Å². The number of hydrogen-bond donors (Lipinski definition) is 2. The molecule has 0 fully saturated rings. The zero-order valence-corrected chi connectivity index (χ0v) is 17.0. The van der Waals surface area contributed by atoms with Gasteiger partial charge in [-0.15, -0.1) is 0 Å². The number of imidazole rings is 1. The van der Waals surface area contributed by atoms with Gasteiger partial charge in [0.05, 0.1) is 29.5 Å². The molecule has 0 saturated carbocycles. The lowest BCUT2D eigenvalue weighted by Gasteiger charge is -2.10. The lowest BCUT2D eigenvalue weighted by atomic mass is 10.2. The number of methoxy groups -OCH3 is 1. The number of aromatic hydroxyl groups is 1. The SMILES string of the molecule is COc1ccc(-n2c(O)c(C=Nc3ccc4c(c3)n(C)c(=O)n4C)c(=O)[nH]c2=O)cc1. The smallest absolute Gasteiger partial charge is 0.335 e. The van der Waals surface area contributed by atoms with E-state index in [1.54, 1.807) is 56.6 Å². The molecule has 10 heteroatoms. The molecule has 2 heterocycles. The Balaban J connectivity index is 1.80. The molecule has 0 aliphatic heterocycles. The van der Waals surface area contributed by atoms with Crippen molar-refractivity contribution in [2.75, 3.05) is 7.11 Å². The Morgan fingerprint density at radius 2 is 1.68 bits per heavy atom. The van der Waals surface area contributed by atoms with Crippen molar-refractivity contribution in [3.8, 4) is 17.3 Å². The number of H-pyrrole nitrogens is 1. The number of aromatic amines is 1. The van der Waals surface area contributed by atoms with Gasteiger partial charge in [-0.05, 0) is 42.5 Å². The summed E-state index contributed by atoms with van der Waals surface area (Å²) in [7, 11) is 4.84. The van der Waals surface area contributed by atoms with E-state index in [-0.39, 0.29) is 11.3 Å². The number of hydrogen-bond acceptors (Lipinski definition) is 6. The second-order valence-electron chi connectivity index (χ2n) is 6.86. The van der Waals surface area contributed by atoms with Crippen LogP contribution in [0.4, 0.5) is 5.69 Å². The van der Waals surface area contributed by atoms with Gasteiger partial charge in [0.2, 0.25) is 5.88 Å². The van der Waals surface area contributed by atoms with Gasteiger partial charge in [0.25, 0.3) is 5.56 Å². The van der Waals surface area contributed by atoms with Crippen molar-refractivity contribution in [3.05, 3.63) is 79.4 Å². The van der Waals surface area contributed by atoms with Crippen molar-refractivity contribution in [1.29, 1.82) is 0 Å². The van der Waals surface area contributed by atoms with Crippen LogP contribution < -0.4 is 21.7 Å². The highest BCUT2D eigenvalue weighted by Gasteiger charge is 2.14. The molecule has 2 N–H and O–H groups in total. The van der Waals surface area contributed by atoms with Crippen LogP contribution in [-0.2, 0) is 14.1 Å². The van der Waals surface area contributed by atoms with Gasteiger partial charge >= 0.3 is 11.4 Å². The zero-order chi connectivity index (χ0) is 22.3. The number of nitrogens with zero attached hydrogens (tertiary/aromatic N) is 4. The maximum Gasteiger partial charge on any atom is 0.335 e. The molecule has 0 bridgehead atoms. The van der Waals surface area contributed by atoms with E-state index >= 15 is 0 Å². The minimum atomic E-state index is -0.787. The highest BCUT2D eigenvalue weighted by atomic mass is 16.5. The summed E-state index contributed by atoms with van der Waals surface area (Å²) in [5.74, 6) is 0.0315. The van der Waals surface area contributed by atoms with Crippen molar-refractivity contribution in [2.24, 2.45) is 19.1 Å². The van der Waals surface area contributed by atoms with Gasteiger partial charge < -0.3 is 9.84 Å². The molecule has 0 amide bonds. The highest BCUT2D eigenvalue weighted by molar-refractivity contribution is 5.86. The van der Waals surface area contributed by atoms with Crippen LogP contribution in [0.2, 0.25) is 0 Å². The monoisotopic (exact) mass is 421 g/mol. The zero-order valence-electron chi connectivity index (χ0n) is 17.0. The Morgan fingerprint density at radius 1 is 1.00 bits per heavy atom. The van der Waals surface area contributed by atoms with E-state index in [9.17, 15) is 19.5 Å². The van der Waals surface area contributed by atoms with Gasteiger partial charge in [-0.2, -0.15) is 0 Å². The summed E-state index contributed by atoms with van der Waals surface area (Å²) in [5.41, 5.74) is 0.303. The number of ether oxygens (including phenoxy) is 1. The molecule has 0 atom stereocenters. The van der Waals surface area contributed by atoms with Gasteiger partial charge in [-0.3, -0.25) is 23.9 Å². The molecule has 10 nitrogen and oxygen atoms in total. The van der Waals surface area contributed by atoms with Crippen molar-refractivity contribution < 1.29 is 9.84 Å². The first-order valence-corrected chi connectivity index (χ1v) is 9.24. The molecule has 0 aliphatic rings. The highest BCUT2D eigenvalue weighted by Crippen LogP contribution is 2.21. The second-order valence-corrected chi connectivity index (χ2v) is 6.86. The Labute approximate surface area is 174 Å². The average Bonchev–Trinajstić information content (AvgIpc) is 2.97. The van der Waals surface area contributed by atoms with Crippen LogP contribution in [0, 0.1) is 0 Å².